The Morgan fingerprint density at radius 3 is 2.40 bits per heavy atom. The summed E-state index contributed by atoms with van der Waals surface area (Å²) >= 11 is 0. The average molecular weight is 214 g/mol. The van der Waals surface area contributed by atoms with E-state index >= 15 is 0 Å². The summed E-state index contributed by atoms with van der Waals surface area (Å²) in [7, 11) is 4.19. The topological polar surface area (TPSA) is 35.5 Å². The molecular formula is C12H26N2O. The Hall–Kier alpha value is -0.120. The van der Waals surface area contributed by atoms with E-state index in [-0.39, 0.29) is 11.6 Å². The molecule has 0 aliphatic heterocycles. The Morgan fingerprint density at radius 2 is 1.87 bits per heavy atom. The summed E-state index contributed by atoms with van der Waals surface area (Å²) in [6.07, 6.45) is 4.36. The highest BCUT2D eigenvalue weighted by Gasteiger charge is 2.26. The van der Waals surface area contributed by atoms with Crippen LogP contribution in [0.15, 0.2) is 0 Å². The molecule has 1 rings (SSSR count). The van der Waals surface area contributed by atoms with Crippen molar-refractivity contribution in [2.75, 3.05) is 20.6 Å². The van der Waals surface area contributed by atoms with E-state index in [1.165, 1.54) is 12.8 Å². The van der Waals surface area contributed by atoms with Gasteiger partial charge in [0.2, 0.25) is 0 Å². The number of aliphatic hydroxyl groups excluding tert-OH is 1. The Bertz CT molecular complexity index is 192. The standard InChI is InChI=1S/C12H26N2O/c1-12(2,14(3)4)9-13-10-7-5-6-8-11(10)15/h10-11,13,15H,5-9H2,1-4H3/t10-,11-/m0/s1. The van der Waals surface area contributed by atoms with Crippen LogP contribution < -0.4 is 5.32 Å². The number of hydrogen-bond acceptors (Lipinski definition) is 3. The number of nitrogens with zero attached hydrogens (tertiary/aromatic N) is 1. The van der Waals surface area contributed by atoms with Crippen LogP contribution in [0.4, 0.5) is 0 Å². The van der Waals surface area contributed by atoms with Gasteiger partial charge in [-0.2, -0.15) is 0 Å². The molecule has 0 spiro atoms. The lowest BCUT2D eigenvalue weighted by molar-refractivity contribution is 0.0802. The molecule has 90 valence electrons. The third-order valence-corrected chi connectivity index (χ3v) is 3.74. The zero-order chi connectivity index (χ0) is 11.5. The summed E-state index contributed by atoms with van der Waals surface area (Å²) in [6.45, 7) is 5.37. The van der Waals surface area contributed by atoms with Crippen molar-refractivity contribution in [2.24, 2.45) is 0 Å². The van der Waals surface area contributed by atoms with Gasteiger partial charge >= 0.3 is 0 Å². The van der Waals surface area contributed by atoms with E-state index < -0.39 is 0 Å². The van der Waals surface area contributed by atoms with Gasteiger partial charge in [-0.25, -0.2) is 0 Å². The smallest absolute Gasteiger partial charge is 0.0693 e. The summed E-state index contributed by atoms with van der Waals surface area (Å²) in [5.74, 6) is 0. The Morgan fingerprint density at radius 1 is 1.27 bits per heavy atom. The summed E-state index contributed by atoms with van der Waals surface area (Å²) in [4.78, 5) is 2.22. The van der Waals surface area contributed by atoms with Crippen LogP contribution in [0.25, 0.3) is 0 Å². The first kappa shape index (κ1) is 12.9. The minimum absolute atomic E-state index is 0.142. The molecule has 1 aliphatic carbocycles. The third-order valence-electron chi connectivity index (χ3n) is 3.74. The van der Waals surface area contributed by atoms with Crippen molar-refractivity contribution in [3.8, 4) is 0 Å². The molecule has 0 unspecified atom stereocenters. The molecule has 0 bridgehead atoms. The molecule has 3 heteroatoms. The normalized spacial score (nSPS) is 28.4. The van der Waals surface area contributed by atoms with Crippen LogP contribution in [0.1, 0.15) is 39.5 Å². The van der Waals surface area contributed by atoms with Crippen LogP contribution in [-0.4, -0.2) is 48.3 Å². The van der Waals surface area contributed by atoms with Gasteiger partial charge in [0.25, 0.3) is 0 Å². The fraction of sp³-hybridized carbons (Fsp3) is 1.00. The number of rotatable bonds is 4. The summed E-state index contributed by atoms with van der Waals surface area (Å²) < 4.78 is 0. The van der Waals surface area contributed by atoms with Crippen LogP contribution >= 0.6 is 0 Å². The zero-order valence-corrected chi connectivity index (χ0v) is 10.6. The first-order chi connectivity index (χ1) is 6.93. The van der Waals surface area contributed by atoms with Crippen molar-refractivity contribution in [2.45, 2.75) is 57.2 Å². The molecule has 15 heavy (non-hydrogen) atoms. The fourth-order valence-corrected chi connectivity index (χ4v) is 1.89. The van der Waals surface area contributed by atoms with Gasteiger partial charge in [0.05, 0.1) is 6.10 Å². The highest BCUT2D eigenvalue weighted by molar-refractivity contribution is 4.86. The lowest BCUT2D eigenvalue weighted by atomic mass is 9.91. The molecule has 2 N–H and O–H groups in total. The second kappa shape index (κ2) is 5.28. The second-order valence-electron chi connectivity index (χ2n) is 5.55. The van der Waals surface area contributed by atoms with Crippen molar-refractivity contribution in [1.82, 2.24) is 10.2 Å². The number of hydrogen-bond donors (Lipinski definition) is 2. The molecule has 0 heterocycles. The van der Waals surface area contributed by atoms with E-state index in [0.717, 1.165) is 19.4 Å². The number of aliphatic hydroxyl groups is 1. The van der Waals surface area contributed by atoms with Gasteiger partial charge in [-0.3, -0.25) is 0 Å². The van der Waals surface area contributed by atoms with Crippen LogP contribution in [0.5, 0.6) is 0 Å². The van der Waals surface area contributed by atoms with Crippen molar-refractivity contribution in [3.63, 3.8) is 0 Å². The fourth-order valence-electron chi connectivity index (χ4n) is 1.89. The molecule has 0 saturated heterocycles. The molecule has 1 aliphatic rings. The molecule has 0 aromatic heterocycles. The van der Waals surface area contributed by atoms with Crippen molar-refractivity contribution >= 4 is 0 Å². The minimum atomic E-state index is -0.142. The van der Waals surface area contributed by atoms with Gasteiger partial charge in [-0.15, -0.1) is 0 Å². The largest absolute Gasteiger partial charge is 0.392 e. The molecule has 2 atom stereocenters. The Kier molecular flexibility index (Phi) is 4.56. The van der Waals surface area contributed by atoms with E-state index in [9.17, 15) is 5.11 Å². The Labute approximate surface area is 93.9 Å². The maximum absolute atomic E-state index is 9.83. The maximum Gasteiger partial charge on any atom is 0.0693 e. The highest BCUT2D eigenvalue weighted by atomic mass is 16.3. The average Bonchev–Trinajstić information content (AvgIpc) is 2.16. The van der Waals surface area contributed by atoms with Crippen LogP contribution in [0.2, 0.25) is 0 Å². The van der Waals surface area contributed by atoms with E-state index in [2.05, 4.69) is 38.2 Å². The van der Waals surface area contributed by atoms with Gasteiger partial charge in [-0.1, -0.05) is 12.8 Å². The second-order valence-corrected chi connectivity index (χ2v) is 5.55. The van der Waals surface area contributed by atoms with E-state index in [4.69, 9.17) is 0 Å². The molecular weight excluding hydrogens is 188 g/mol. The van der Waals surface area contributed by atoms with E-state index in [1.54, 1.807) is 0 Å². The molecule has 0 radical (unpaired) electrons. The first-order valence-corrected chi connectivity index (χ1v) is 6.02. The molecule has 0 amide bonds. The molecule has 0 aromatic rings. The van der Waals surface area contributed by atoms with Crippen molar-refractivity contribution in [3.05, 3.63) is 0 Å². The van der Waals surface area contributed by atoms with E-state index in [1.807, 2.05) is 0 Å². The summed E-state index contributed by atoms with van der Waals surface area (Å²) in [5.41, 5.74) is 0.150. The minimum Gasteiger partial charge on any atom is -0.392 e. The highest BCUT2D eigenvalue weighted by Crippen LogP contribution is 2.19. The lowest BCUT2D eigenvalue weighted by Crippen LogP contribution is -2.52. The molecule has 3 nitrogen and oxygen atoms in total. The predicted octanol–water partition coefficient (Wildman–Crippen LogP) is 1.22. The third kappa shape index (κ3) is 3.74. The van der Waals surface area contributed by atoms with Gasteiger partial charge < -0.3 is 15.3 Å². The molecule has 1 saturated carbocycles. The van der Waals surface area contributed by atoms with Crippen molar-refractivity contribution < 1.29 is 5.11 Å². The zero-order valence-electron chi connectivity index (χ0n) is 10.6. The Balaban J connectivity index is 2.35. The van der Waals surface area contributed by atoms with Crippen LogP contribution in [-0.2, 0) is 0 Å². The van der Waals surface area contributed by atoms with Gasteiger partial charge in [0.1, 0.15) is 0 Å². The number of likely N-dealkylation sites (N-methyl/N-ethyl adjacent to an activating group) is 1. The monoisotopic (exact) mass is 214 g/mol. The SMILES string of the molecule is CN(C)C(C)(C)CN[C@H]1CCCC[C@@H]1O. The summed E-state index contributed by atoms with van der Waals surface area (Å²) in [5, 5.41) is 13.3. The van der Waals surface area contributed by atoms with Gasteiger partial charge in [0.15, 0.2) is 0 Å². The predicted molar refractivity (Wildman–Crippen MR) is 64.0 cm³/mol. The van der Waals surface area contributed by atoms with Gasteiger partial charge in [0, 0.05) is 18.1 Å². The van der Waals surface area contributed by atoms with E-state index in [0.29, 0.717) is 6.04 Å². The lowest BCUT2D eigenvalue weighted by Gasteiger charge is -2.36. The molecule has 0 aromatic carbocycles. The van der Waals surface area contributed by atoms with Crippen molar-refractivity contribution in [1.29, 1.82) is 0 Å². The quantitative estimate of drug-likeness (QED) is 0.738. The van der Waals surface area contributed by atoms with Crippen LogP contribution in [0, 0.1) is 0 Å². The first-order valence-electron chi connectivity index (χ1n) is 6.02. The van der Waals surface area contributed by atoms with Crippen LogP contribution in [0.3, 0.4) is 0 Å². The molecule has 1 fully saturated rings. The number of nitrogens with one attached hydrogen (secondary N) is 1. The maximum atomic E-state index is 9.83. The van der Waals surface area contributed by atoms with Gasteiger partial charge in [-0.05, 0) is 40.8 Å². The summed E-state index contributed by atoms with van der Waals surface area (Å²) in [6, 6.07) is 0.304.